The highest BCUT2D eigenvalue weighted by Gasteiger charge is 2.32. The van der Waals surface area contributed by atoms with Gasteiger partial charge >= 0.3 is 0 Å². The number of hydrogen-bond donors (Lipinski definition) is 0. The van der Waals surface area contributed by atoms with Gasteiger partial charge in [0.15, 0.2) is 0 Å². The quantitative estimate of drug-likeness (QED) is 0.594. The monoisotopic (exact) mass is 333 g/mol. The Labute approximate surface area is 143 Å². The van der Waals surface area contributed by atoms with Crippen LogP contribution >= 0.6 is 0 Å². The second-order valence-electron chi connectivity index (χ2n) is 5.99. The highest BCUT2D eigenvalue weighted by atomic mass is 19.1. The molecule has 0 saturated heterocycles. The van der Waals surface area contributed by atoms with Crippen LogP contribution in [0.3, 0.4) is 0 Å². The van der Waals surface area contributed by atoms with Crippen molar-refractivity contribution in [2.75, 3.05) is 0 Å². The Morgan fingerprint density at radius 3 is 2.60 bits per heavy atom. The van der Waals surface area contributed by atoms with Crippen LogP contribution in [0.5, 0.6) is 5.75 Å². The predicted molar refractivity (Wildman–Crippen MR) is 91.1 cm³/mol. The molecule has 3 aromatic rings. The summed E-state index contributed by atoms with van der Waals surface area (Å²) in [6.07, 6.45) is 0. The first-order valence-corrected chi connectivity index (χ1v) is 7.85. The van der Waals surface area contributed by atoms with E-state index in [0.29, 0.717) is 17.1 Å². The SMILES string of the molecule is CC1=C(C#N)C(c2cc(F)ccc2F)c2ccc3ccccc3c2O1. The highest BCUT2D eigenvalue weighted by molar-refractivity contribution is 5.90. The van der Waals surface area contributed by atoms with E-state index in [1.165, 1.54) is 0 Å². The van der Waals surface area contributed by atoms with Gasteiger partial charge in [0.05, 0.1) is 17.6 Å². The summed E-state index contributed by atoms with van der Waals surface area (Å²) < 4.78 is 34.1. The standard InChI is InChI=1S/C21H13F2NO/c1-12-18(11-24)20(17-10-14(22)7-9-19(17)23)16-8-6-13-4-2-3-5-15(13)21(16)25-12/h2-10,20H,1H3. The topological polar surface area (TPSA) is 33.0 Å². The van der Waals surface area contributed by atoms with Crippen molar-refractivity contribution in [3.63, 3.8) is 0 Å². The van der Waals surface area contributed by atoms with Gasteiger partial charge in [0.25, 0.3) is 0 Å². The molecule has 4 rings (SSSR count). The van der Waals surface area contributed by atoms with Crippen molar-refractivity contribution in [1.29, 1.82) is 5.26 Å². The first-order chi connectivity index (χ1) is 12.1. The number of nitrogens with zero attached hydrogens (tertiary/aromatic N) is 1. The fourth-order valence-electron chi connectivity index (χ4n) is 3.37. The Morgan fingerprint density at radius 1 is 1.00 bits per heavy atom. The van der Waals surface area contributed by atoms with Crippen molar-refractivity contribution < 1.29 is 13.5 Å². The Kier molecular flexibility index (Phi) is 3.51. The maximum absolute atomic E-state index is 14.5. The van der Waals surface area contributed by atoms with Crippen LogP contribution in [-0.2, 0) is 0 Å². The van der Waals surface area contributed by atoms with Gasteiger partial charge in [-0.05, 0) is 30.5 Å². The van der Waals surface area contributed by atoms with Crippen LogP contribution in [0.15, 0.2) is 65.9 Å². The third-order valence-electron chi connectivity index (χ3n) is 4.53. The Hall–Kier alpha value is -3.19. The summed E-state index contributed by atoms with van der Waals surface area (Å²) in [5.41, 5.74) is 1.08. The van der Waals surface area contributed by atoms with E-state index in [1.54, 1.807) is 6.92 Å². The van der Waals surface area contributed by atoms with Crippen LogP contribution in [0.1, 0.15) is 24.0 Å². The van der Waals surface area contributed by atoms with Gasteiger partial charge in [-0.15, -0.1) is 0 Å². The lowest BCUT2D eigenvalue weighted by Gasteiger charge is -2.28. The minimum atomic E-state index is -0.700. The van der Waals surface area contributed by atoms with Crippen LogP contribution in [0.2, 0.25) is 0 Å². The minimum Gasteiger partial charge on any atom is -0.460 e. The second-order valence-corrected chi connectivity index (χ2v) is 5.99. The molecule has 1 unspecified atom stereocenters. The molecule has 0 spiro atoms. The normalized spacial score (nSPS) is 16.3. The molecule has 4 heteroatoms. The van der Waals surface area contributed by atoms with Crippen molar-refractivity contribution in [1.82, 2.24) is 0 Å². The van der Waals surface area contributed by atoms with Gasteiger partial charge in [-0.3, -0.25) is 0 Å². The van der Waals surface area contributed by atoms with Gasteiger partial charge < -0.3 is 4.74 Å². The molecule has 0 N–H and O–H groups in total. The molecule has 25 heavy (non-hydrogen) atoms. The molecule has 0 saturated carbocycles. The molecular weight excluding hydrogens is 320 g/mol. The predicted octanol–water partition coefficient (Wildman–Crippen LogP) is 5.44. The maximum Gasteiger partial charge on any atom is 0.138 e. The van der Waals surface area contributed by atoms with Gasteiger partial charge in [-0.25, -0.2) is 8.78 Å². The Bertz CT molecular complexity index is 1080. The molecule has 2 nitrogen and oxygen atoms in total. The number of hydrogen-bond acceptors (Lipinski definition) is 2. The highest BCUT2D eigenvalue weighted by Crippen LogP contribution is 2.46. The van der Waals surface area contributed by atoms with E-state index in [1.807, 2.05) is 36.4 Å². The molecule has 1 aliphatic heterocycles. The molecular formula is C21H13F2NO. The number of halogens is 2. The van der Waals surface area contributed by atoms with Gasteiger partial charge in [0.2, 0.25) is 0 Å². The third-order valence-corrected chi connectivity index (χ3v) is 4.53. The average Bonchev–Trinajstić information content (AvgIpc) is 2.62. The Morgan fingerprint density at radius 2 is 1.80 bits per heavy atom. The zero-order chi connectivity index (χ0) is 17.6. The van der Waals surface area contributed by atoms with Crippen molar-refractivity contribution in [3.05, 3.63) is 88.7 Å². The lowest BCUT2D eigenvalue weighted by Crippen LogP contribution is -2.16. The largest absolute Gasteiger partial charge is 0.460 e. The van der Waals surface area contributed by atoms with E-state index in [2.05, 4.69) is 6.07 Å². The summed E-state index contributed by atoms with van der Waals surface area (Å²) in [6.45, 7) is 1.67. The number of nitriles is 1. The number of rotatable bonds is 1. The molecule has 1 atom stereocenters. The molecule has 0 aliphatic carbocycles. The number of ether oxygens (including phenoxy) is 1. The Balaban J connectivity index is 2.05. The van der Waals surface area contributed by atoms with Gasteiger partial charge in [-0.2, -0.15) is 5.26 Å². The molecule has 0 bridgehead atoms. The molecule has 0 fully saturated rings. The average molecular weight is 333 g/mol. The van der Waals surface area contributed by atoms with Crippen molar-refractivity contribution in [2.24, 2.45) is 0 Å². The molecule has 1 heterocycles. The second kappa shape index (κ2) is 5.71. The van der Waals surface area contributed by atoms with Crippen LogP contribution in [0.25, 0.3) is 10.8 Å². The smallest absolute Gasteiger partial charge is 0.138 e. The fourth-order valence-corrected chi connectivity index (χ4v) is 3.37. The zero-order valence-corrected chi connectivity index (χ0v) is 13.4. The number of allylic oxidation sites excluding steroid dienone is 2. The van der Waals surface area contributed by atoms with Crippen LogP contribution in [0, 0.1) is 23.0 Å². The van der Waals surface area contributed by atoms with Gasteiger partial charge in [-0.1, -0.05) is 36.4 Å². The first-order valence-electron chi connectivity index (χ1n) is 7.85. The van der Waals surface area contributed by atoms with Crippen LogP contribution in [0.4, 0.5) is 8.78 Å². The molecule has 1 aliphatic rings. The zero-order valence-electron chi connectivity index (χ0n) is 13.4. The molecule has 0 amide bonds. The summed E-state index contributed by atoms with van der Waals surface area (Å²) >= 11 is 0. The minimum absolute atomic E-state index is 0.135. The van der Waals surface area contributed by atoms with Gasteiger partial charge in [0.1, 0.15) is 23.1 Å². The lowest BCUT2D eigenvalue weighted by molar-refractivity contribution is 0.404. The third kappa shape index (κ3) is 2.36. The summed E-state index contributed by atoms with van der Waals surface area (Å²) in [4.78, 5) is 0. The molecule has 3 aromatic carbocycles. The van der Waals surface area contributed by atoms with Crippen molar-refractivity contribution in [2.45, 2.75) is 12.8 Å². The van der Waals surface area contributed by atoms with Crippen molar-refractivity contribution >= 4 is 10.8 Å². The maximum atomic E-state index is 14.5. The van der Waals surface area contributed by atoms with Crippen LogP contribution in [-0.4, -0.2) is 0 Å². The van der Waals surface area contributed by atoms with E-state index >= 15 is 0 Å². The number of benzene rings is 3. The number of fused-ring (bicyclic) bond motifs is 3. The summed E-state index contributed by atoms with van der Waals surface area (Å²) in [5, 5.41) is 11.4. The van der Waals surface area contributed by atoms with Gasteiger partial charge in [0, 0.05) is 16.5 Å². The lowest BCUT2D eigenvalue weighted by atomic mass is 9.81. The van der Waals surface area contributed by atoms with E-state index in [4.69, 9.17) is 4.74 Å². The van der Waals surface area contributed by atoms with Crippen molar-refractivity contribution in [3.8, 4) is 11.8 Å². The summed E-state index contributed by atoms with van der Waals surface area (Å²) in [6, 6.07) is 16.8. The summed E-state index contributed by atoms with van der Waals surface area (Å²) in [5.74, 6) is -0.800. The molecule has 0 aromatic heterocycles. The van der Waals surface area contributed by atoms with E-state index < -0.39 is 17.6 Å². The van der Waals surface area contributed by atoms with E-state index in [0.717, 1.165) is 29.0 Å². The first kappa shape index (κ1) is 15.3. The summed E-state index contributed by atoms with van der Waals surface area (Å²) in [7, 11) is 0. The van der Waals surface area contributed by atoms with E-state index in [-0.39, 0.29) is 11.1 Å². The van der Waals surface area contributed by atoms with Crippen LogP contribution < -0.4 is 4.74 Å². The fraction of sp³-hybridized carbons (Fsp3) is 0.0952. The molecule has 122 valence electrons. The molecule has 0 radical (unpaired) electrons. The van der Waals surface area contributed by atoms with E-state index in [9.17, 15) is 14.0 Å².